The Kier molecular flexibility index (Phi) is 4.23. The van der Waals surface area contributed by atoms with Gasteiger partial charge in [-0.3, -0.25) is 4.98 Å². The lowest BCUT2D eigenvalue weighted by atomic mass is 9.85. The maximum absolute atomic E-state index is 4.04. The minimum atomic E-state index is 0. The van der Waals surface area contributed by atoms with Crippen LogP contribution >= 0.6 is 12.4 Å². The largest absolute Gasteiger partial charge is 0.265 e. The summed E-state index contributed by atoms with van der Waals surface area (Å²) < 4.78 is 0. The Labute approximate surface area is 86.0 Å². The Morgan fingerprint density at radius 3 is 2.23 bits per heavy atom. The second kappa shape index (κ2) is 5.23. The van der Waals surface area contributed by atoms with Crippen LogP contribution in [0.25, 0.3) is 0 Å². The summed E-state index contributed by atoms with van der Waals surface area (Å²) in [7, 11) is 0. The molecule has 1 aromatic heterocycles. The third-order valence-electron chi connectivity index (χ3n) is 2.78. The van der Waals surface area contributed by atoms with E-state index in [0.717, 1.165) is 5.92 Å². The SMILES string of the molecule is Cl.c1cc(C2CCCCC2)ccn1. The molecule has 0 aliphatic heterocycles. The van der Waals surface area contributed by atoms with Crippen molar-refractivity contribution in [2.45, 2.75) is 38.0 Å². The molecule has 1 aliphatic carbocycles. The van der Waals surface area contributed by atoms with E-state index in [9.17, 15) is 0 Å². The van der Waals surface area contributed by atoms with Crippen molar-refractivity contribution in [1.29, 1.82) is 0 Å². The van der Waals surface area contributed by atoms with Crippen molar-refractivity contribution < 1.29 is 0 Å². The van der Waals surface area contributed by atoms with Crippen LogP contribution in [0, 0.1) is 0 Å². The van der Waals surface area contributed by atoms with Crippen molar-refractivity contribution >= 4 is 12.4 Å². The van der Waals surface area contributed by atoms with Crippen LogP contribution in [0.2, 0.25) is 0 Å². The minimum Gasteiger partial charge on any atom is -0.265 e. The van der Waals surface area contributed by atoms with Crippen molar-refractivity contribution in [3.8, 4) is 0 Å². The lowest BCUT2D eigenvalue weighted by molar-refractivity contribution is 0.443. The van der Waals surface area contributed by atoms with Gasteiger partial charge in [0.2, 0.25) is 0 Å². The van der Waals surface area contributed by atoms with Gasteiger partial charge in [-0.2, -0.15) is 0 Å². The number of pyridine rings is 1. The van der Waals surface area contributed by atoms with Crippen LogP contribution < -0.4 is 0 Å². The highest BCUT2D eigenvalue weighted by molar-refractivity contribution is 5.85. The summed E-state index contributed by atoms with van der Waals surface area (Å²) in [5, 5.41) is 0. The third-order valence-corrected chi connectivity index (χ3v) is 2.78. The van der Waals surface area contributed by atoms with Crippen LogP contribution in [0.15, 0.2) is 24.5 Å². The number of aromatic nitrogens is 1. The number of hydrogen-bond acceptors (Lipinski definition) is 1. The van der Waals surface area contributed by atoms with Crippen LogP contribution in [0.1, 0.15) is 43.6 Å². The van der Waals surface area contributed by atoms with Crippen molar-refractivity contribution in [3.05, 3.63) is 30.1 Å². The summed E-state index contributed by atoms with van der Waals surface area (Å²) in [5.74, 6) is 0.821. The topological polar surface area (TPSA) is 12.9 Å². The van der Waals surface area contributed by atoms with Gasteiger partial charge in [0.05, 0.1) is 0 Å². The molecule has 0 radical (unpaired) electrons. The van der Waals surface area contributed by atoms with E-state index in [1.807, 2.05) is 12.4 Å². The van der Waals surface area contributed by atoms with Crippen LogP contribution in [-0.2, 0) is 0 Å². The average Bonchev–Trinajstić information content (AvgIpc) is 2.21. The zero-order valence-electron chi connectivity index (χ0n) is 7.78. The first-order valence-corrected chi connectivity index (χ1v) is 4.87. The molecule has 1 nitrogen and oxygen atoms in total. The number of halogens is 1. The molecular weight excluding hydrogens is 182 g/mol. The first kappa shape index (κ1) is 10.5. The highest BCUT2D eigenvalue weighted by atomic mass is 35.5. The molecule has 13 heavy (non-hydrogen) atoms. The van der Waals surface area contributed by atoms with E-state index in [1.165, 1.54) is 37.7 Å². The fourth-order valence-electron chi connectivity index (χ4n) is 2.07. The normalized spacial score (nSPS) is 17.8. The molecule has 0 N–H and O–H groups in total. The fourth-order valence-corrected chi connectivity index (χ4v) is 2.07. The van der Waals surface area contributed by atoms with Crippen molar-refractivity contribution in [2.24, 2.45) is 0 Å². The Hall–Kier alpha value is -0.560. The Morgan fingerprint density at radius 2 is 1.62 bits per heavy atom. The summed E-state index contributed by atoms with van der Waals surface area (Å²) in [6.07, 6.45) is 10.8. The van der Waals surface area contributed by atoms with E-state index in [1.54, 1.807) is 0 Å². The molecule has 0 saturated heterocycles. The fraction of sp³-hybridized carbons (Fsp3) is 0.545. The summed E-state index contributed by atoms with van der Waals surface area (Å²) in [4.78, 5) is 4.04. The van der Waals surface area contributed by atoms with Crippen LogP contribution in [0.4, 0.5) is 0 Å². The molecular formula is C11H16ClN. The third kappa shape index (κ3) is 2.70. The monoisotopic (exact) mass is 197 g/mol. The zero-order chi connectivity index (χ0) is 8.23. The molecule has 0 atom stereocenters. The molecule has 0 aromatic carbocycles. The molecule has 0 amide bonds. The highest BCUT2D eigenvalue weighted by Gasteiger charge is 2.14. The second-order valence-corrected chi connectivity index (χ2v) is 3.62. The lowest BCUT2D eigenvalue weighted by Gasteiger charge is -2.21. The smallest absolute Gasteiger partial charge is 0.0270 e. The molecule has 2 rings (SSSR count). The summed E-state index contributed by atoms with van der Waals surface area (Å²) in [6.45, 7) is 0. The molecule has 1 aliphatic rings. The van der Waals surface area contributed by atoms with Crippen molar-refractivity contribution in [2.75, 3.05) is 0 Å². The van der Waals surface area contributed by atoms with Crippen LogP contribution in [0.5, 0.6) is 0 Å². The maximum atomic E-state index is 4.04. The predicted molar refractivity (Wildman–Crippen MR) is 57.3 cm³/mol. The average molecular weight is 198 g/mol. The number of hydrogen-bond donors (Lipinski definition) is 0. The van der Waals surface area contributed by atoms with Gasteiger partial charge in [-0.15, -0.1) is 12.4 Å². The minimum absolute atomic E-state index is 0. The van der Waals surface area contributed by atoms with Gasteiger partial charge in [-0.05, 0) is 36.5 Å². The van der Waals surface area contributed by atoms with Gasteiger partial charge >= 0.3 is 0 Å². The Morgan fingerprint density at radius 1 is 1.00 bits per heavy atom. The van der Waals surface area contributed by atoms with E-state index in [0.29, 0.717) is 0 Å². The molecule has 72 valence electrons. The molecule has 1 heterocycles. The van der Waals surface area contributed by atoms with Gasteiger partial charge in [-0.1, -0.05) is 19.3 Å². The van der Waals surface area contributed by atoms with Crippen molar-refractivity contribution in [1.82, 2.24) is 4.98 Å². The van der Waals surface area contributed by atoms with E-state index in [4.69, 9.17) is 0 Å². The number of nitrogens with zero attached hydrogens (tertiary/aromatic N) is 1. The zero-order valence-corrected chi connectivity index (χ0v) is 8.59. The second-order valence-electron chi connectivity index (χ2n) is 3.62. The van der Waals surface area contributed by atoms with E-state index < -0.39 is 0 Å². The molecule has 1 saturated carbocycles. The first-order valence-electron chi connectivity index (χ1n) is 4.87. The molecule has 1 aromatic rings. The summed E-state index contributed by atoms with van der Waals surface area (Å²) in [6, 6.07) is 4.33. The van der Waals surface area contributed by atoms with Gasteiger partial charge in [-0.25, -0.2) is 0 Å². The number of rotatable bonds is 1. The molecule has 2 heteroatoms. The first-order chi connectivity index (χ1) is 5.97. The predicted octanol–water partition coefficient (Wildman–Crippen LogP) is 3.55. The quantitative estimate of drug-likeness (QED) is 0.671. The van der Waals surface area contributed by atoms with Crippen LogP contribution in [-0.4, -0.2) is 4.98 Å². The Balaban J connectivity index is 0.000000845. The van der Waals surface area contributed by atoms with E-state index >= 15 is 0 Å². The van der Waals surface area contributed by atoms with E-state index in [-0.39, 0.29) is 12.4 Å². The molecule has 0 bridgehead atoms. The van der Waals surface area contributed by atoms with Crippen LogP contribution in [0.3, 0.4) is 0 Å². The van der Waals surface area contributed by atoms with Gasteiger partial charge < -0.3 is 0 Å². The standard InChI is InChI=1S/C11H15N.ClH/c1-2-4-10(5-3-1)11-6-8-12-9-7-11;/h6-10H,1-5H2;1H. The van der Waals surface area contributed by atoms with Gasteiger partial charge in [0.1, 0.15) is 0 Å². The molecule has 0 unspecified atom stereocenters. The Bertz CT molecular complexity index is 229. The molecule has 1 fully saturated rings. The summed E-state index contributed by atoms with van der Waals surface area (Å²) >= 11 is 0. The van der Waals surface area contributed by atoms with Crippen molar-refractivity contribution in [3.63, 3.8) is 0 Å². The highest BCUT2D eigenvalue weighted by Crippen LogP contribution is 2.31. The lowest BCUT2D eigenvalue weighted by Crippen LogP contribution is -2.03. The van der Waals surface area contributed by atoms with Gasteiger partial charge in [0.15, 0.2) is 0 Å². The molecule has 0 spiro atoms. The maximum Gasteiger partial charge on any atom is 0.0270 e. The van der Waals surface area contributed by atoms with E-state index in [2.05, 4.69) is 17.1 Å². The van der Waals surface area contributed by atoms with Gasteiger partial charge in [0, 0.05) is 12.4 Å². The van der Waals surface area contributed by atoms with Gasteiger partial charge in [0.25, 0.3) is 0 Å². The summed E-state index contributed by atoms with van der Waals surface area (Å²) in [5.41, 5.74) is 1.49.